The minimum absolute atomic E-state index is 0.111. The number of carbonyl (C=O) groups excluding carboxylic acids is 3. The molecule has 1 atom stereocenters. The van der Waals surface area contributed by atoms with Crippen molar-refractivity contribution in [3.63, 3.8) is 0 Å². The van der Waals surface area contributed by atoms with Gasteiger partial charge in [0.05, 0.1) is 0 Å². The Hall–Kier alpha value is -3.67. The Kier molecular flexibility index (Phi) is 40.2. The van der Waals surface area contributed by atoms with E-state index >= 15 is 0 Å². The van der Waals surface area contributed by atoms with Crippen LogP contribution in [-0.2, 0) is 28.6 Å². The Morgan fingerprint density at radius 1 is 0.382 bits per heavy atom. The van der Waals surface area contributed by atoms with Crippen molar-refractivity contribution in [2.75, 3.05) is 13.2 Å². The molecule has 0 heterocycles. The van der Waals surface area contributed by atoms with Crippen molar-refractivity contribution in [2.24, 2.45) is 0 Å². The predicted molar refractivity (Wildman–Crippen MR) is 233 cm³/mol. The van der Waals surface area contributed by atoms with Gasteiger partial charge in [-0.3, -0.25) is 14.4 Å². The SMILES string of the molecule is CC\C=C/C=C\C=C/C=C\CCCCCCCC(=O)OCC(COC(=O)CCCCC/C=C\C=C/CCCC)OC(=O)CCCCC/C=C\C=C/CCCC. The quantitative estimate of drug-likeness (QED) is 0.0271. The summed E-state index contributed by atoms with van der Waals surface area (Å²) in [5, 5.41) is 0. The van der Waals surface area contributed by atoms with Gasteiger partial charge < -0.3 is 14.2 Å². The fourth-order valence-electron chi connectivity index (χ4n) is 5.34. The highest BCUT2D eigenvalue weighted by molar-refractivity contribution is 5.71. The Morgan fingerprint density at radius 2 is 0.709 bits per heavy atom. The van der Waals surface area contributed by atoms with Gasteiger partial charge in [0.15, 0.2) is 6.10 Å². The van der Waals surface area contributed by atoms with Gasteiger partial charge in [0.2, 0.25) is 0 Å². The molecule has 0 aliphatic heterocycles. The van der Waals surface area contributed by atoms with E-state index in [1.165, 1.54) is 25.7 Å². The van der Waals surface area contributed by atoms with E-state index in [9.17, 15) is 14.4 Å². The molecule has 0 aromatic rings. The average molecular weight is 763 g/mol. The molecule has 6 heteroatoms. The van der Waals surface area contributed by atoms with Crippen molar-refractivity contribution in [3.05, 3.63) is 97.2 Å². The third kappa shape index (κ3) is 41.3. The van der Waals surface area contributed by atoms with Crippen LogP contribution in [0.1, 0.15) is 175 Å². The number of ether oxygens (including phenoxy) is 3. The molecule has 0 aromatic heterocycles. The van der Waals surface area contributed by atoms with Gasteiger partial charge in [0.25, 0.3) is 0 Å². The highest BCUT2D eigenvalue weighted by Gasteiger charge is 2.19. The molecule has 0 aliphatic carbocycles. The van der Waals surface area contributed by atoms with E-state index in [0.29, 0.717) is 12.8 Å². The van der Waals surface area contributed by atoms with Gasteiger partial charge in [0, 0.05) is 19.3 Å². The summed E-state index contributed by atoms with van der Waals surface area (Å²) in [6, 6.07) is 0. The van der Waals surface area contributed by atoms with Gasteiger partial charge in [-0.2, -0.15) is 0 Å². The number of unbranched alkanes of at least 4 members (excludes halogenated alkanes) is 15. The summed E-state index contributed by atoms with van der Waals surface area (Å²) in [6.07, 6.45) is 55.3. The van der Waals surface area contributed by atoms with Crippen molar-refractivity contribution < 1.29 is 28.6 Å². The van der Waals surface area contributed by atoms with Gasteiger partial charge >= 0.3 is 17.9 Å². The molecule has 0 saturated carbocycles. The lowest BCUT2D eigenvalue weighted by Crippen LogP contribution is -2.30. The van der Waals surface area contributed by atoms with Crippen molar-refractivity contribution in [1.29, 1.82) is 0 Å². The third-order valence-corrected chi connectivity index (χ3v) is 8.69. The van der Waals surface area contributed by atoms with E-state index in [0.717, 1.165) is 109 Å². The van der Waals surface area contributed by atoms with E-state index in [4.69, 9.17) is 14.2 Å². The molecular formula is C49H78O6. The molecule has 0 N–H and O–H groups in total. The third-order valence-electron chi connectivity index (χ3n) is 8.69. The molecule has 0 radical (unpaired) electrons. The second kappa shape index (κ2) is 43.1. The zero-order valence-electron chi connectivity index (χ0n) is 35.1. The first kappa shape index (κ1) is 51.3. The standard InChI is InChI=1S/C49H78O6/c1-4-7-10-13-16-19-22-23-24-25-28-30-33-36-39-42-48(51)54-45-46(55-49(52)43-40-37-34-31-27-21-18-15-12-9-6-3)44-53-47(50)41-38-35-32-29-26-20-17-14-11-8-5-2/h7,10,13-24,26-27,46H,4-6,8-9,11-12,25,28-45H2,1-3H3/b10-7-,16-13-,17-14-,18-15-,22-19-,24-23-,26-20-,27-21-. The van der Waals surface area contributed by atoms with Crippen LogP contribution in [0.4, 0.5) is 0 Å². The molecule has 6 nitrogen and oxygen atoms in total. The zero-order chi connectivity index (χ0) is 40.1. The van der Waals surface area contributed by atoms with Crippen LogP contribution in [0.5, 0.6) is 0 Å². The minimum Gasteiger partial charge on any atom is -0.462 e. The summed E-state index contributed by atoms with van der Waals surface area (Å²) in [5.74, 6) is -1.00. The van der Waals surface area contributed by atoms with Gasteiger partial charge in [-0.15, -0.1) is 0 Å². The average Bonchev–Trinajstić information content (AvgIpc) is 3.18. The van der Waals surface area contributed by atoms with E-state index < -0.39 is 6.10 Å². The number of carbonyl (C=O) groups is 3. The zero-order valence-corrected chi connectivity index (χ0v) is 35.1. The Bertz CT molecular complexity index is 1150. The number of allylic oxidation sites excluding steroid dienone is 16. The van der Waals surface area contributed by atoms with Crippen LogP contribution in [0.25, 0.3) is 0 Å². The lowest BCUT2D eigenvalue weighted by Gasteiger charge is -2.18. The van der Waals surface area contributed by atoms with Crippen LogP contribution in [0.2, 0.25) is 0 Å². The van der Waals surface area contributed by atoms with Gasteiger partial charge in [-0.1, -0.05) is 176 Å². The molecule has 0 aliphatic rings. The maximum Gasteiger partial charge on any atom is 0.306 e. The number of rotatable bonds is 37. The van der Waals surface area contributed by atoms with Crippen LogP contribution in [0.15, 0.2) is 97.2 Å². The molecule has 0 bridgehead atoms. The molecule has 0 amide bonds. The number of hydrogen-bond acceptors (Lipinski definition) is 6. The molecule has 0 saturated heterocycles. The van der Waals surface area contributed by atoms with Crippen LogP contribution in [-0.4, -0.2) is 37.2 Å². The first-order valence-corrected chi connectivity index (χ1v) is 21.8. The first-order valence-electron chi connectivity index (χ1n) is 21.8. The van der Waals surface area contributed by atoms with Crippen molar-refractivity contribution >= 4 is 17.9 Å². The molecule has 0 aromatic carbocycles. The summed E-state index contributed by atoms with van der Waals surface area (Å²) in [6.45, 7) is 6.28. The topological polar surface area (TPSA) is 78.9 Å². The Balaban J connectivity index is 4.51. The van der Waals surface area contributed by atoms with Crippen molar-refractivity contribution in [1.82, 2.24) is 0 Å². The summed E-state index contributed by atoms with van der Waals surface area (Å²) < 4.78 is 16.6. The number of hydrogen-bond donors (Lipinski definition) is 0. The first-order chi connectivity index (χ1) is 27.0. The summed E-state index contributed by atoms with van der Waals surface area (Å²) in [7, 11) is 0. The molecule has 1 unspecified atom stereocenters. The predicted octanol–water partition coefficient (Wildman–Crippen LogP) is 13.9. The Labute approximate surface area is 337 Å². The van der Waals surface area contributed by atoms with Crippen LogP contribution < -0.4 is 0 Å². The monoisotopic (exact) mass is 763 g/mol. The van der Waals surface area contributed by atoms with Gasteiger partial charge in [-0.25, -0.2) is 0 Å². The van der Waals surface area contributed by atoms with E-state index in [2.05, 4.69) is 93.7 Å². The highest BCUT2D eigenvalue weighted by Crippen LogP contribution is 2.11. The van der Waals surface area contributed by atoms with Crippen LogP contribution in [0.3, 0.4) is 0 Å². The Morgan fingerprint density at radius 3 is 1.15 bits per heavy atom. The lowest BCUT2D eigenvalue weighted by atomic mass is 10.1. The lowest BCUT2D eigenvalue weighted by molar-refractivity contribution is -0.167. The molecule has 0 spiro atoms. The van der Waals surface area contributed by atoms with Gasteiger partial charge in [-0.05, 0) is 77.0 Å². The molecule has 55 heavy (non-hydrogen) atoms. The maximum atomic E-state index is 12.7. The fourth-order valence-corrected chi connectivity index (χ4v) is 5.34. The maximum absolute atomic E-state index is 12.7. The second-order valence-corrected chi connectivity index (χ2v) is 14.0. The molecular weight excluding hydrogens is 685 g/mol. The number of esters is 3. The summed E-state index contributed by atoms with van der Waals surface area (Å²) >= 11 is 0. The fraction of sp³-hybridized carbons (Fsp3) is 0.612. The van der Waals surface area contributed by atoms with Crippen LogP contribution in [0, 0.1) is 0 Å². The van der Waals surface area contributed by atoms with E-state index in [1.807, 2.05) is 24.3 Å². The highest BCUT2D eigenvalue weighted by atomic mass is 16.6. The normalized spacial score (nSPS) is 13.0. The van der Waals surface area contributed by atoms with Gasteiger partial charge in [0.1, 0.15) is 13.2 Å². The van der Waals surface area contributed by atoms with Crippen molar-refractivity contribution in [3.8, 4) is 0 Å². The van der Waals surface area contributed by atoms with Crippen molar-refractivity contribution in [2.45, 2.75) is 181 Å². The molecule has 310 valence electrons. The largest absolute Gasteiger partial charge is 0.462 e. The minimum atomic E-state index is -0.810. The molecule has 0 fully saturated rings. The summed E-state index contributed by atoms with van der Waals surface area (Å²) in [4.78, 5) is 37.6. The second-order valence-electron chi connectivity index (χ2n) is 14.0. The van der Waals surface area contributed by atoms with E-state index in [-0.39, 0.29) is 37.5 Å². The van der Waals surface area contributed by atoms with E-state index in [1.54, 1.807) is 0 Å². The summed E-state index contributed by atoms with van der Waals surface area (Å²) in [5.41, 5.74) is 0. The smallest absolute Gasteiger partial charge is 0.306 e. The van der Waals surface area contributed by atoms with Crippen LogP contribution >= 0.6 is 0 Å². The molecule has 0 rings (SSSR count).